The summed E-state index contributed by atoms with van der Waals surface area (Å²) in [4.78, 5) is 3.96. The first-order valence-electron chi connectivity index (χ1n) is 3.48. The fourth-order valence-corrected chi connectivity index (χ4v) is 1.53. The van der Waals surface area contributed by atoms with Crippen molar-refractivity contribution >= 4 is 17.7 Å². The highest BCUT2D eigenvalue weighted by Crippen LogP contribution is 2.47. The standard InChI is InChI=1S/C6H13N3OS/c1-11-6(2-3-6)4-8-5(7)9-10/h10H,2-4H2,1H3,(H3,7,8,9). The summed E-state index contributed by atoms with van der Waals surface area (Å²) in [5.41, 5.74) is 7.05. The number of nitrogens with two attached hydrogens (primary N) is 1. The van der Waals surface area contributed by atoms with E-state index in [1.807, 2.05) is 17.2 Å². The van der Waals surface area contributed by atoms with Crippen molar-refractivity contribution in [2.24, 2.45) is 10.7 Å². The maximum absolute atomic E-state index is 8.31. The van der Waals surface area contributed by atoms with Crippen molar-refractivity contribution in [2.75, 3.05) is 12.8 Å². The molecule has 1 saturated carbocycles. The summed E-state index contributed by atoms with van der Waals surface area (Å²) >= 11 is 1.82. The Morgan fingerprint density at radius 2 is 2.45 bits per heavy atom. The second-order valence-electron chi connectivity index (χ2n) is 2.70. The van der Waals surface area contributed by atoms with Crippen LogP contribution in [0.2, 0.25) is 0 Å². The number of rotatable bonds is 3. The van der Waals surface area contributed by atoms with Crippen LogP contribution in [0.15, 0.2) is 4.99 Å². The van der Waals surface area contributed by atoms with Crippen molar-refractivity contribution in [3.8, 4) is 0 Å². The van der Waals surface area contributed by atoms with E-state index in [0.717, 1.165) is 0 Å². The van der Waals surface area contributed by atoms with Crippen molar-refractivity contribution in [1.82, 2.24) is 5.48 Å². The van der Waals surface area contributed by atoms with Crippen LogP contribution in [-0.2, 0) is 0 Å². The average Bonchev–Trinajstić information content (AvgIpc) is 2.81. The van der Waals surface area contributed by atoms with Crippen molar-refractivity contribution in [3.05, 3.63) is 0 Å². The molecule has 1 rings (SSSR count). The third-order valence-electron chi connectivity index (χ3n) is 1.89. The van der Waals surface area contributed by atoms with E-state index in [1.54, 1.807) is 0 Å². The van der Waals surface area contributed by atoms with Gasteiger partial charge in [-0.3, -0.25) is 10.2 Å². The van der Waals surface area contributed by atoms with Crippen molar-refractivity contribution in [1.29, 1.82) is 0 Å². The van der Waals surface area contributed by atoms with Crippen LogP contribution in [0.5, 0.6) is 0 Å². The van der Waals surface area contributed by atoms with E-state index in [2.05, 4.69) is 11.2 Å². The maximum atomic E-state index is 8.31. The highest BCUT2D eigenvalue weighted by molar-refractivity contribution is 8.00. The third-order valence-corrected chi connectivity index (χ3v) is 3.30. The van der Waals surface area contributed by atoms with Gasteiger partial charge in [0.25, 0.3) is 0 Å². The zero-order valence-corrected chi connectivity index (χ0v) is 7.32. The van der Waals surface area contributed by atoms with E-state index in [9.17, 15) is 0 Å². The minimum atomic E-state index is 0.102. The molecule has 0 aliphatic heterocycles. The lowest BCUT2D eigenvalue weighted by atomic mass is 10.4. The minimum Gasteiger partial charge on any atom is -0.368 e. The Labute approximate surface area is 70.2 Å². The second-order valence-corrected chi connectivity index (χ2v) is 3.97. The number of hydroxylamine groups is 1. The summed E-state index contributed by atoms with van der Waals surface area (Å²) < 4.78 is 0.321. The van der Waals surface area contributed by atoms with Gasteiger partial charge in [-0.2, -0.15) is 11.8 Å². The monoisotopic (exact) mass is 175 g/mol. The molecule has 0 aromatic carbocycles. The molecule has 0 aromatic heterocycles. The molecule has 0 unspecified atom stereocenters. The number of nitrogens with one attached hydrogen (secondary N) is 1. The molecule has 1 aliphatic carbocycles. The molecular formula is C6H13N3OS. The second kappa shape index (κ2) is 3.32. The van der Waals surface area contributed by atoms with Gasteiger partial charge >= 0.3 is 0 Å². The summed E-state index contributed by atoms with van der Waals surface area (Å²) in [6, 6.07) is 0. The number of hydrogen-bond donors (Lipinski definition) is 3. The maximum Gasteiger partial charge on any atom is 0.212 e. The van der Waals surface area contributed by atoms with E-state index < -0.39 is 0 Å². The van der Waals surface area contributed by atoms with Gasteiger partial charge in [-0.05, 0) is 19.1 Å². The first-order chi connectivity index (χ1) is 5.22. The van der Waals surface area contributed by atoms with Crippen molar-refractivity contribution < 1.29 is 5.21 Å². The van der Waals surface area contributed by atoms with Crippen LogP contribution in [0.1, 0.15) is 12.8 Å². The number of aliphatic imine (C=N–C) groups is 1. The summed E-state index contributed by atoms with van der Waals surface area (Å²) in [5.74, 6) is 0.102. The van der Waals surface area contributed by atoms with Gasteiger partial charge in [0.2, 0.25) is 5.96 Å². The fraction of sp³-hybridized carbons (Fsp3) is 0.833. The lowest BCUT2D eigenvalue weighted by Gasteiger charge is -2.07. The van der Waals surface area contributed by atoms with E-state index in [1.165, 1.54) is 12.8 Å². The van der Waals surface area contributed by atoms with Crippen LogP contribution in [0, 0.1) is 0 Å². The van der Waals surface area contributed by atoms with Crippen LogP contribution in [0.3, 0.4) is 0 Å². The van der Waals surface area contributed by atoms with Gasteiger partial charge in [-0.25, -0.2) is 5.48 Å². The third kappa shape index (κ3) is 2.27. The number of nitrogens with zero attached hydrogens (tertiary/aromatic N) is 1. The Balaban J connectivity index is 2.31. The molecule has 0 heterocycles. The molecule has 0 atom stereocenters. The summed E-state index contributed by atoms with van der Waals surface area (Å²) in [6.07, 6.45) is 4.48. The van der Waals surface area contributed by atoms with Crippen LogP contribution in [0.4, 0.5) is 0 Å². The zero-order chi connectivity index (χ0) is 8.32. The Kier molecular flexibility index (Phi) is 2.62. The Morgan fingerprint density at radius 1 is 1.82 bits per heavy atom. The molecule has 1 aliphatic rings. The van der Waals surface area contributed by atoms with Gasteiger partial charge in [-0.1, -0.05) is 0 Å². The highest BCUT2D eigenvalue weighted by Gasteiger charge is 2.41. The van der Waals surface area contributed by atoms with Crippen LogP contribution < -0.4 is 11.2 Å². The number of hydrogen-bond acceptors (Lipinski definition) is 3. The zero-order valence-electron chi connectivity index (χ0n) is 6.50. The van der Waals surface area contributed by atoms with Crippen LogP contribution >= 0.6 is 11.8 Å². The van der Waals surface area contributed by atoms with E-state index in [-0.39, 0.29) is 5.96 Å². The summed E-state index contributed by atoms with van der Waals surface area (Å²) in [5, 5.41) is 8.31. The predicted octanol–water partition coefficient (Wildman–Crippen LogP) is 0.175. The lowest BCUT2D eigenvalue weighted by Crippen LogP contribution is -2.29. The van der Waals surface area contributed by atoms with E-state index >= 15 is 0 Å². The molecule has 5 heteroatoms. The molecule has 0 amide bonds. The molecule has 0 saturated heterocycles. The SMILES string of the molecule is CSC1(CN=C(N)NO)CC1. The van der Waals surface area contributed by atoms with Gasteiger partial charge in [0.15, 0.2) is 0 Å². The summed E-state index contributed by atoms with van der Waals surface area (Å²) in [6.45, 7) is 0.702. The number of thioether (sulfide) groups is 1. The van der Waals surface area contributed by atoms with Gasteiger partial charge in [0, 0.05) is 4.75 Å². The molecule has 0 radical (unpaired) electrons. The smallest absolute Gasteiger partial charge is 0.212 e. The average molecular weight is 175 g/mol. The normalized spacial score (nSPS) is 21.5. The Morgan fingerprint density at radius 3 is 2.82 bits per heavy atom. The van der Waals surface area contributed by atoms with Crippen LogP contribution in [-0.4, -0.2) is 28.7 Å². The van der Waals surface area contributed by atoms with Crippen LogP contribution in [0.25, 0.3) is 0 Å². The minimum absolute atomic E-state index is 0.102. The lowest BCUT2D eigenvalue weighted by molar-refractivity contribution is 0.232. The van der Waals surface area contributed by atoms with Crippen molar-refractivity contribution in [2.45, 2.75) is 17.6 Å². The van der Waals surface area contributed by atoms with E-state index in [0.29, 0.717) is 11.3 Å². The topological polar surface area (TPSA) is 70.6 Å². The molecule has 0 bridgehead atoms. The van der Waals surface area contributed by atoms with Gasteiger partial charge < -0.3 is 5.73 Å². The molecule has 4 N–H and O–H groups in total. The first-order valence-corrected chi connectivity index (χ1v) is 4.70. The van der Waals surface area contributed by atoms with Gasteiger partial charge in [0.1, 0.15) is 0 Å². The first kappa shape index (κ1) is 8.67. The van der Waals surface area contributed by atoms with Gasteiger partial charge in [-0.15, -0.1) is 0 Å². The van der Waals surface area contributed by atoms with E-state index in [4.69, 9.17) is 10.9 Å². The predicted molar refractivity (Wildman–Crippen MR) is 46.9 cm³/mol. The molecule has 0 aromatic rings. The molecule has 11 heavy (non-hydrogen) atoms. The summed E-state index contributed by atoms with van der Waals surface area (Å²) in [7, 11) is 0. The van der Waals surface area contributed by atoms with Gasteiger partial charge in [0.05, 0.1) is 6.54 Å². The van der Waals surface area contributed by atoms with Crippen molar-refractivity contribution in [3.63, 3.8) is 0 Å². The Hall–Kier alpha value is -0.420. The quantitative estimate of drug-likeness (QED) is 0.325. The molecule has 64 valence electrons. The largest absolute Gasteiger partial charge is 0.368 e. The highest BCUT2D eigenvalue weighted by atomic mass is 32.2. The fourth-order valence-electron chi connectivity index (χ4n) is 0.831. The molecule has 1 fully saturated rings. The Bertz CT molecular complexity index is 167. The molecule has 4 nitrogen and oxygen atoms in total. The molecular weight excluding hydrogens is 162 g/mol. The molecule has 0 spiro atoms. The number of guanidine groups is 1.